The summed E-state index contributed by atoms with van der Waals surface area (Å²) in [5.41, 5.74) is -1.10. The highest BCUT2D eigenvalue weighted by molar-refractivity contribution is 6.17. The highest BCUT2D eigenvalue weighted by Crippen LogP contribution is 2.46. The minimum absolute atomic E-state index is 0.0123. The van der Waals surface area contributed by atoms with Crippen molar-refractivity contribution in [2.24, 2.45) is 5.16 Å². The summed E-state index contributed by atoms with van der Waals surface area (Å²) in [6.45, 7) is 1.46. The quantitative estimate of drug-likeness (QED) is 0.215. The first-order valence-corrected chi connectivity index (χ1v) is 16.1. The van der Waals surface area contributed by atoms with Gasteiger partial charge in [-0.15, -0.1) is 11.6 Å². The third-order valence-corrected chi connectivity index (χ3v) is 9.46. The minimum atomic E-state index is -1.18. The number of oxime groups is 1. The van der Waals surface area contributed by atoms with Crippen LogP contribution in [0.2, 0.25) is 0 Å². The first-order chi connectivity index (χ1) is 22.6. The summed E-state index contributed by atoms with van der Waals surface area (Å²) in [5.74, 6) is -4.62. The van der Waals surface area contributed by atoms with Gasteiger partial charge < -0.3 is 24.4 Å². The van der Waals surface area contributed by atoms with E-state index >= 15 is 0 Å². The number of alkyl halides is 1. The van der Waals surface area contributed by atoms with Crippen LogP contribution in [0.1, 0.15) is 83.5 Å². The SMILES string of the molecule is C[C@H]1CC[C@]2(CC(CCCCCl)=NO2)[C@H]2CN1C(=O)c1c(OCc3ccccc3)c(=O)c(C(=O)NCc3c(F)cc(F)cc3F)cn12. The number of carbonyl (C=O) groups is 2. The number of pyridine rings is 1. The Balaban J connectivity index is 1.42. The molecule has 9 nitrogen and oxygen atoms in total. The van der Waals surface area contributed by atoms with Crippen molar-refractivity contribution < 1.29 is 32.3 Å². The first-order valence-electron chi connectivity index (χ1n) is 15.6. The van der Waals surface area contributed by atoms with E-state index in [0.29, 0.717) is 43.7 Å². The summed E-state index contributed by atoms with van der Waals surface area (Å²) < 4.78 is 49.8. The van der Waals surface area contributed by atoms with Gasteiger partial charge in [-0.1, -0.05) is 35.5 Å². The predicted octanol–water partition coefficient (Wildman–Crippen LogP) is 5.88. The maximum absolute atomic E-state index is 14.4. The maximum Gasteiger partial charge on any atom is 0.274 e. The van der Waals surface area contributed by atoms with Gasteiger partial charge in [-0.3, -0.25) is 14.4 Å². The van der Waals surface area contributed by atoms with Crippen molar-refractivity contribution in [1.29, 1.82) is 0 Å². The largest absolute Gasteiger partial charge is 0.483 e. The lowest BCUT2D eigenvalue weighted by atomic mass is 9.83. The Morgan fingerprint density at radius 2 is 1.89 bits per heavy atom. The van der Waals surface area contributed by atoms with Gasteiger partial charge in [0.25, 0.3) is 11.8 Å². The highest BCUT2D eigenvalue weighted by Gasteiger charge is 2.54. The number of hydrogen-bond acceptors (Lipinski definition) is 6. The number of fused-ring (bicyclic) bond motifs is 5. The van der Waals surface area contributed by atoms with Gasteiger partial charge in [0.15, 0.2) is 17.0 Å². The molecule has 1 spiro atoms. The van der Waals surface area contributed by atoms with Crippen LogP contribution in [0.3, 0.4) is 0 Å². The molecule has 0 radical (unpaired) electrons. The molecule has 248 valence electrons. The van der Waals surface area contributed by atoms with Crippen molar-refractivity contribution in [3.05, 3.63) is 98.7 Å². The Morgan fingerprint density at radius 1 is 1.15 bits per heavy atom. The fourth-order valence-corrected chi connectivity index (χ4v) is 6.79. The van der Waals surface area contributed by atoms with E-state index in [2.05, 4.69) is 10.5 Å². The van der Waals surface area contributed by atoms with Gasteiger partial charge in [0, 0.05) is 55.3 Å². The van der Waals surface area contributed by atoms with Crippen molar-refractivity contribution in [2.75, 3.05) is 12.4 Å². The van der Waals surface area contributed by atoms with Crippen LogP contribution in [-0.2, 0) is 18.0 Å². The summed E-state index contributed by atoms with van der Waals surface area (Å²) in [4.78, 5) is 49.6. The summed E-state index contributed by atoms with van der Waals surface area (Å²) in [5, 5.41) is 6.81. The number of nitrogens with zero attached hydrogens (tertiary/aromatic N) is 3. The molecule has 0 unspecified atom stereocenters. The average molecular weight is 671 g/mol. The zero-order valence-electron chi connectivity index (χ0n) is 25.7. The van der Waals surface area contributed by atoms with Gasteiger partial charge in [-0.05, 0) is 44.6 Å². The molecule has 3 aliphatic rings. The average Bonchev–Trinajstić information content (AvgIpc) is 3.41. The van der Waals surface area contributed by atoms with Gasteiger partial charge in [0.1, 0.15) is 29.6 Å². The van der Waals surface area contributed by atoms with Gasteiger partial charge in [0.05, 0.1) is 11.8 Å². The normalized spacial score (nSPS) is 21.6. The smallest absolute Gasteiger partial charge is 0.274 e. The van der Waals surface area contributed by atoms with Crippen LogP contribution >= 0.6 is 11.6 Å². The Hall–Kier alpha value is -4.32. The number of amides is 2. The Bertz CT molecular complexity index is 1760. The molecular weight excluding hydrogens is 637 g/mol. The Labute approximate surface area is 274 Å². The lowest BCUT2D eigenvalue weighted by Gasteiger charge is -2.42. The third-order valence-electron chi connectivity index (χ3n) is 9.20. The molecule has 1 aromatic heterocycles. The van der Waals surface area contributed by atoms with Gasteiger partial charge >= 0.3 is 0 Å². The van der Waals surface area contributed by atoms with Crippen molar-refractivity contribution in [1.82, 2.24) is 14.8 Å². The fraction of sp³-hybridized carbons (Fsp3) is 0.412. The zero-order valence-corrected chi connectivity index (χ0v) is 26.5. The van der Waals surface area contributed by atoms with Crippen molar-refractivity contribution in [3.63, 3.8) is 0 Å². The van der Waals surface area contributed by atoms with Crippen LogP contribution in [0.5, 0.6) is 5.75 Å². The molecule has 3 aliphatic heterocycles. The van der Waals surface area contributed by atoms with Gasteiger partial charge in [-0.25, -0.2) is 13.2 Å². The second-order valence-electron chi connectivity index (χ2n) is 12.3. The van der Waals surface area contributed by atoms with Crippen LogP contribution in [-0.4, -0.2) is 51.1 Å². The van der Waals surface area contributed by atoms with E-state index in [0.717, 1.165) is 24.1 Å². The number of hydrogen-bond donors (Lipinski definition) is 1. The molecule has 6 rings (SSSR count). The molecule has 47 heavy (non-hydrogen) atoms. The topological polar surface area (TPSA) is 102 Å². The molecule has 2 amide bonds. The Kier molecular flexibility index (Phi) is 9.32. The zero-order chi connectivity index (χ0) is 33.3. The van der Waals surface area contributed by atoms with Crippen molar-refractivity contribution in [2.45, 2.75) is 76.3 Å². The molecular formula is C34H34ClF3N4O5. The van der Waals surface area contributed by atoms with E-state index < -0.39 is 64.0 Å². The highest BCUT2D eigenvalue weighted by atomic mass is 35.5. The van der Waals surface area contributed by atoms with E-state index in [1.54, 1.807) is 33.7 Å². The monoisotopic (exact) mass is 670 g/mol. The van der Waals surface area contributed by atoms with Crippen LogP contribution in [0.4, 0.5) is 13.2 Å². The number of halogens is 4. The van der Waals surface area contributed by atoms with Crippen molar-refractivity contribution in [3.8, 4) is 5.75 Å². The third kappa shape index (κ3) is 6.35. The summed E-state index contributed by atoms with van der Waals surface area (Å²) in [6, 6.07) is 9.31. The standard InChI is InChI=1S/C34H34ClF3N4O5/c1-20-10-11-34(15-23(40-47-34)9-5-6-12-35)28-18-41(20)33(45)29-31(46-19-21-7-3-2-4-8-21)30(43)25(17-42(28)29)32(44)39-16-24-26(37)13-22(36)14-27(24)38/h2-4,7-8,13-14,17,20,28H,5-6,9-12,15-16,18-19H2,1H3,(H,39,44)/t20-,28+,34-/m0/s1. The van der Waals surface area contributed by atoms with Crippen LogP contribution in [0.15, 0.2) is 58.6 Å². The molecule has 3 aromatic rings. The van der Waals surface area contributed by atoms with E-state index in [1.807, 2.05) is 13.0 Å². The molecule has 2 aromatic carbocycles. The minimum Gasteiger partial charge on any atom is -0.483 e. The summed E-state index contributed by atoms with van der Waals surface area (Å²) in [6.07, 6.45) is 5.33. The van der Waals surface area contributed by atoms with Gasteiger partial charge in [-0.2, -0.15) is 0 Å². The van der Waals surface area contributed by atoms with Gasteiger partial charge in [0.2, 0.25) is 5.43 Å². The number of ether oxygens (including phenoxy) is 1. The van der Waals surface area contributed by atoms with Crippen LogP contribution in [0.25, 0.3) is 0 Å². The molecule has 3 atom stereocenters. The molecule has 2 bridgehead atoms. The van der Waals surface area contributed by atoms with Crippen LogP contribution < -0.4 is 15.5 Å². The molecule has 0 saturated carbocycles. The predicted molar refractivity (Wildman–Crippen MR) is 168 cm³/mol. The molecule has 1 fully saturated rings. The molecule has 1 N–H and O–H groups in total. The Morgan fingerprint density at radius 3 is 2.62 bits per heavy atom. The van der Waals surface area contributed by atoms with E-state index in [9.17, 15) is 27.6 Å². The van der Waals surface area contributed by atoms with Crippen molar-refractivity contribution >= 4 is 29.1 Å². The molecule has 4 heterocycles. The van der Waals surface area contributed by atoms with E-state index in [1.165, 1.54) is 6.20 Å². The first kappa shape index (κ1) is 32.6. The maximum atomic E-state index is 14.4. The second kappa shape index (κ2) is 13.4. The number of nitrogens with one attached hydrogen (secondary N) is 1. The van der Waals surface area contributed by atoms with Crippen LogP contribution in [0, 0.1) is 17.5 Å². The number of carbonyl (C=O) groups excluding carboxylic acids is 2. The van der Waals surface area contributed by atoms with E-state index in [4.69, 9.17) is 21.2 Å². The second-order valence-corrected chi connectivity index (χ2v) is 12.6. The number of unbranched alkanes of at least 4 members (excludes halogenated alkanes) is 1. The summed E-state index contributed by atoms with van der Waals surface area (Å²) in [7, 11) is 0. The fourth-order valence-electron chi connectivity index (χ4n) is 6.60. The van der Waals surface area contributed by atoms with E-state index in [-0.39, 0.29) is 30.6 Å². The molecule has 1 saturated heterocycles. The lowest BCUT2D eigenvalue weighted by molar-refractivity contribution is -0.0656. The number of aromatic nitrogens is 1. The summed E-state index contributed by atoms with van der Waals surface area (Å²) >= 11 is 5.88. The lowest BCUT2D eigenvalue weighted by Crippen LogP contribution is -2.52. The molecule has 0 aliphatic carbocycles. The number of rotatable bonds is 10. The molecule has 13 heteroatoms. The number of benzene rings is 2.